The van der Waals surface area contributed by atoms with Crippen LogP contribution in [0.15, 0.2) is 27.8 Å². The number of amides is 3. The minimum atomic E-state index is -3.63. The van der Waals surface area contributed by atoms with Gasteiger partial charge in [-0.25, -0.2) is 13.2 Å². The van der Waals surface area contributed by atoms with E-state index in [4.69, 9.17) is 11.6 Å². The predicted octanol–water partition coefficient (Wildman–Crippen LogP) is 3.39. The van der Waals surface area contributed by atoms with E-state index in [2.05, 4.69) is 15.4 Å². The molecule has 168 valence electrons. The first-order valence-corrected chi connectivity index (χ1v) is 12.9. The molecule has 1 aliphatic heterocycles. The fourth-order valence-electron chi connectivity index (χ4n) is 3.05. The molecular formula is C18H20ClN3O6S3. The molecule has 0 radical (unpaired) electrons. The minimum absolute atomic E-state index is 0.125. The SMILES string of the molecule is CCOC(=O)NC(=O)c1ccsc1NC(=O)C1CCN(S(=O)(=O)c2ccc(Cl)s2)CC1. The highest BCUT2D eigenvalue weighted by molar-refractivity contribution is 7.91. The van der Waals surface area contributed by atoms with Crippen molar-refractivity contribution in [2.24, 2.45) is 5.92 Å². The summed E-state index contributed by atoms with van der Waals surface area (Å²) in [6.07, 6.45) is -0.170. The number of piperidine rings is 1. The van der Waals surface area contributed by atoms with E-state index in [0.717, 1.165) is 22.7 Å². The Balaban J connectivity index is 1.58. The molecule has 0 aromatic carbocycles. The minimum Gasteiger partial charge on any atom is -0.450 e. The molecule has 3 heterocycles. The summed E-state index contributed by atoms with van der Waals surface area (Å²) in [5.74, 6) is -1.38. The molecule has 0 atom stereocenters. The first-order valence-electron chi connectivity index (χ1n) is 9.34. The van der Waals surface area contributed by atoms with Gasteiger partial charge in [-0.1, -0.05) is 11.6 Å². The lowest BCUT2D eigenvalue weighted by Crippen LogP contribution is -2.41. The largest absolute Gasteiger partial charge is 0.450 e. The Kier molecular flexibility index (Phi) is 7.70. The molecule has 0 unspecified atom stereocenters. The molecule has 0 spiro atoms. The number of alkyl carbamates (subject to hydrolysis) is 1. The van der Waals surface area contributed by atoms with Gasteiger partial charge in [-0.3, -0.25) is 14.9 Å². The van der Waals surface area contributed by atoms with E-state index in [-0.39, 0.29) is 35.4 Å². The van der Waals surface area contributed by atoms with Crippen molar-refractivity contribution in [3.63, 3.8) is 0 Å². The van der Waals surface area contributed by atoms with Crippen molar-refractivity contribution in [2.75, 3.05) is 25.0 Å². The van der Waals surface area contributed by atoms with Crippen molar-refractivity contribution >= 4 is 67.2 Å². The van der Waals surface area contributed by atoms with Gasteiger partial charge in [-0.2, -0.15) is 4.31 Å². The zero-order valence-corrected chi connectivity index (χ0v) is 19.6. The second kappa shape index (κ2) is 10.1. The van der Waals surface area contributed by atoms with Crippen LogP contribution in [-0.4, -0.2) is 50.3 Å². The monoisotopic (exact) mass is 505 g/mol. The third-order valence-corrected chi connectivity index (χ3v) is 9.03. The predicted molar refractivity (Wildman–Crippen MR) is 118 cm³/mol. The van der Waals surface area contributed by atoms with Gasteiger partial charge < -0.3 is 10.1 Å². The van der Waals surface area contributed by atoms with Gasteiger partial charge in [-0.05, 0) is 43.3 Å². The van der Waals surface area contributed by atoms with Crippen molar-refractivity contribution in [1.29, 1.82) is 0 Å². The van der Waals surface area contributed by atoms with Crippen LogP contribution >= 0.6 is 34.3 Å². The fraction of sp³-hybridized carbons (Fsp3) is 0.389. The van der Waals surface area contributed by atoms with Crippen LogP contribution in [0, 0.1) is 5.92 Å². The maximum atomic E-state index is 12.7. The van der Waals surface area contributed by atoms with Gasteiger partial charge in [0.25, 0.3) is 15.9 Å². The molecule has 2 aromatic rings. The van der Waals surface area contributed by atoms with Gasteiger partial charge in [0.15, 0.2) is 0 Å². The third-order valence-electron chi connectivity index (χ3n) is 4.61. The topological polar surface area (TPSA) is 122 Å². The molecule has 9 nitrogen and oxygen atoms in total. The molecule has 0 bridgehead atoms. The number of hydrogen-bond donors (Lipinski definition) is 2. The summed E-state index contributed by atoms with van der Waals surface area (Å²) in [4.78, 5) is 36.4. The number of nitrogens with one attached hydrogen (secondary N) is 2. The Bertz CT molecular complexity index is 1070. The lowest BCUT2D eigenvalue weighted by Gasteiger charge is -2.30. The van der Waals surface area contributed by atoms with Crippen molar-refractivity contribution in [3.05, 3.63) is 33.5 Å². The van der Waals surface area contributed by atoms with Gasteiger partial charge in [0.05, 0.1) is 16.5 Å². The number of carbonyl (C=O) groups is 3. The van der Waals surface area contributed by atoms with E-state index >= 15 is 0 Å². The van der Waals surface area contributed by atoms with Crippen molar-refractivity contribution < 1.29 is 27.5 Å². The number of halogens is 1. The van der Waals surface area contributed by atoms with Gasteiger partial charge >= 0.3 is 6.09 Å². The summed E-state index contributed by atoms with van der Waals surface area (Å²) in [6, 6.07) is 4.51. The number of carbonyl (C=O) groups excluding carboxylic acids is 3. The highest BCUT2D eigenvalue weighted by Gasteiger charge is 2.33. The maximum Gasteiger partial charge on any atom is 0.414 e. The number of hydrogen-bond acceptors (Lipinski definition) is 8. The number of imide groups is 1. The Morgan fingerprint density at radius 2 is 1.94 bits per heavy atom. The van der Waals surface area contributed by atoms with E-state index in [1.807, 2.05) is 0 Å². The van der Waals surface area contributed by atoms with Crippen LogP contribution in [0.3, 0.4) is 0 Å². The van der Waals surface area contributed by atoms with Crippen molar-refractivity contribution in [3.8, 4) is 0 Å². The lowest BCUT2D eigenvalue weighted by atomic mass is 9.97. The molecule has 3 rings (SSSR count). The van der Waals surface area contributed by atoms with Crippen LogP contribution in [0.25, 0.3) is 0 Å². The van der Waals surface area contributed by atoms with E-state index in [1.165, 1.54) is 22.5 Å². The summed E-state index contributed by atoms with van der Waals surface area (Å²) in [5.41, 5.74) is 0.154. The van der Waals surface area contributed by atoms with Crippen LogP contribution in [-0.2, 0) is 19.6 Å². The van der Waals surface area contributed by atoms with Crippen molar-refractivity contribution in [1.82, 2.24) is 9.62 Å². The Morgan fingerprint density at radius 1 is 1.23 bits per heavy atom. The molecule has 13 heteroatoms. The van der Waals surface area contributed by atoms with Crippen LogP contribution in [0.4, 0.5) is 9.80 Å². The molecular weight excluding hydrogens is 486 g/mol. The average Bonchev–Trinajstić information content (AvgIpc) is 3.37. The smallest absolute Gasteiger partial charge is 0.414 e. The number of ether oxygens (including phenoxy) is 1. The molecule has 3 amide bonds. The van der Waals surface area contributed by atoms with Crippen LogP contribution in [0.5, 0.6) is 0 Å². The van der Waals surface area contributed by atoms with Crippen LogP contribution in [0.2, 0.25) is 4.34 Å². The lowest BCUT2D eigenvalue weighted by molar-refractivity contribution is -0.120. The van der Waals surface area contributed by atoms with E-state index < -0.39 is 27.9 Å². The average molecular weight is 506 g/mol. The normalized spacial score (nSPS) is 15.4. The third kappa shape index (κ3) is 5.63. The fourth-order valence-corrected chi connectivity index (χ4v) is 6.94. The number of nitrogens with zero attached hydrogens (tertiary/aromatic N) is 1. The number of thiophene rings is 2. The maximum absolute atomic E-state index is 12.7. The summed E-state index contributed by atoms with van der Waals surface area (Å²) >= 11 is 8.00. The van der Waals surface area contributed by atoms with Gasteiger partial charge in [-0.15, -0.1) is 22.7 Å². The highest BCUT2D eigenvalue weighted by atomic mass is 35.5. The van der Waals surface area contributed by atoms with E-state index in [0.29, 0.717) is 22.2 Å². The van der Waals surface area contributed by atoms with E-state index in [1.54, 1.807) is 12.3 Å². The molecule has 0 saturated carbocycles. The molecule has 1 fully saturated rings. The second-order valence-electron chi connectivity index (χ2n) is 6.56. The Hall–Kier alpha value is -1.99. The first-order chi connectivity index (χ1) is 14.7. The number of sulfonamides is 1. The second-order valence-corrected chi connectivity index (χ2v) is 11.4. The highest BCUT2D eigenvalue weighted by Crippen LogP contribution is 2.31. The Labute approximate surface area is 192 Å². The van der Waals surface area contributed by atoms with Gasteiger partial charge in [0.1, 0.15) is 9.21 Å². The van der Waals surface area contributed by atoms with Crippen LogP contribution in [0.1, 0.15) is 30.1 Å². The summed E-state index contributed by atoms with van der Waals surface area (Å²) in [7, 11) is -3.63. The molecule has 2 aromatic heterocycles. The summed E-state index contributed by atoms with van der Waals surface area (Å²) in [5, 5.41) is 6.74. The molecule has 2 N–H and O–H groups in total. The molecule has 1 saturated heterocycles. The summed E-state index contributed by atoms with van der Waals surface area (Å²) < 4.78 is 32.0. The number of anilines is 1. The number of rotatable bonds is 6. The zero-order valence-electron chi connectivity index (χ0n) is 16.4. The molecule has 0 aliphatic carbocycles. The first kappa shape index (κ1) is 23.7. The molecule has 31 heavy (non-hydrogen) atoms. The summed E-state index contributed by atoms with van der Waals surface area (Å²) in [6.45, 7) is 2.15. The Morgan fingerprint density at radius 3 is 2.55 bits per heavy atom. The quantitative estimate of drug-likeness (QED) is 0.620. The van der Waals surface area contributed by atoms with Crippen molar-refractivity contribution in [2.45, 2.75) is 24.0 Å². The van der Waals surface area contributed by atoms with Gasteiger partial charge in [0.2, 0.25) is 5.91 Å². The standard InChI is InChI=1S/C18H20ClN3O6S3/c1-2-28-18(25)21-16(24)12-7-10-29-17(12)20-15(23)11-5-8-22(9-6-11)31(26,27)14-4-3-13(19)30-14/h3-4,7,10-11H,2,5-6,8-9H2,1H3,(H,20,23)(H,21,24,25). The molecule has 1 aliphatic rings. The van der Waals surface area contributed by atoms with Crippen LogP contribution < -0.4 is 10.6 Å². The van der Waals surface area contributed by atoms with Gasteiger partial charge in [0, 0.05) is 19.0 Å². The van der Waals surface area contributed by atoms with E-state index in [9.17, 15) is 22.8 Å². The zero-order chi connectivity index (χ0) is 22.6.